The highest BCUT2D eigenvalue weighted by Crippen LogP contribution is 2.42. The van der Waals surface area contributed by atoms with Crippen LogP contribution in [0.1, 0.15) is 28.4 Å². The molecule has 7 N–H and O–H groups in total. The Bertz CT molecular complexity index is 2160. The summed E-state index contributed by atoms with van der Waals surface area (Å²) < 4.78 is 5.85. The topological polar surface area (TPSA) is 222 Å². The Morgan fingerprint density at radius 1 is 0.918 bits per heavy atom. The summed E-state index contributed by atoms with van der Waals surface area (Å²) in [7, 11) is 0. The van der Waals surface area contributed by atoms with Crippen molar-refractivity contribution in [1.82, 2.24) is 5.43 Å². The van der Waals surface area contributed by atoms with Crippen LogP contribution in [0.15, 0.2) is 93.2 Å². The molecule has 1 heterocycles. The van der Waals surface area contributed by atoms with E-state index in [1.54, 1.807) is 55.5 Å². The Kier molecular flexibility index (Phi) is 10.4. The number of hydrazone groups is 1. The summed E-state index contributed by atoms with van der Waals surface area (Å²) in [6, 6.07) is 18.9. The summed E-state index contributed by atoms with van der Waals surface area (Å²) in [6.07, 6.45) is 0.136. The number of aromatic carboxylic acids is 1. The molecule has 0 unspecified atom stereocenters. The number of nitrogens with zero attached hydrogens (tertiary/aromatic N) is 1. The maximum atomic E-state index is 12.7. The van der Waals surface area contributed by atoms with Crippen LogP contribution in [0.5, 0.6) is 5.75 Å². The number of carbonyl (C=O) groups is 4. The molecule has 13 nitrogen and oxygen atoms in total. The van der Waals surface area contributed by atoms with E-state index < -0.39 is 29.8 Å². The number of anilines is 1. The van der Waals surface area contributed by atoms with Gasteiger partial charge in [-0.2, -0.15) is 5.10 Å². The number of nitrogens with two attached hydrogens (primary N) is 1. The van der Waals surface area contributed by atoms with E-state index in [0.717, 1.165) is 11.8 Å². The first kappa shape index (κ1) is 34.3. The predicted molar refractivity (Wildman–Crippen MR) is 185 cm³/mol. The van der Waals surface area contributed by atoms with Crippen LogP contribution in [0.3, 0.4) is 0 Å². The summed E-state index contributed by atoms with van der Waals surface area (Å²) in [5.74, 6) is -3.34. The van der Waals surface area contributed by atoms with Gasteiger partial charge in [0.05, 0.1) is 22.8 Å². The van der Waals surface area contributed by atoms with Gasteiger partial charge in [0, 0.05) is 34.3 Å². The molecular formula is C35H30N4O9S. The monoisotopic (exact) mass is 682 g/mol. The van der Waals surface area contributed by atoms with Crippen LogP contribution in [-0.2, 0) is 20.8 Å². The lowest BCUT2D eigenvalue weighted by atomic mass is 9.90. The van der Waals surface area contributed by atoms with Gasteiger partial charge < -0.3 is 30.8 Å². The number of rotatable bonds is 12. The number of phenolic OH excluding ortho intramolecular Hbond substituents is 1. The van der Waals surface area contributed by atoms with E-state index in [4.69, 9.17) is 15.3 Å². The van der Waals surface area contributed by atoms with E-state index in [-0.39, 0.29) is 51.7 Å². The van der Waals surface area contributed by atoms with Crippen molar-refractivity contribution < 1.29 is 38.9 Å². The average Bonchev–Trinajstić information content (AvgIpc) is 3.06. The molecule has 0 radical (unpaired) electrons. The highest BCUT2D eigenvalue weighted by atomic mass is 32.2. The van der Waals surface area contributed by atoms with E-state index in [2.05, 4.69) is 15.8 Å². The molecule has 0 fully saturated rings. The first-order valence-corrected chi connectivity index (χ1v) is 15.9. The van der Waals surface area contributed by atoms with Crippen molar-refractivity contribution in [3.63, 3.8) is 0 Å². The van der Waals surface area contributed by atoms with Crippen molar-refractivity contribution in [1.29, 1.82) is 0 Å². The molecule has 3 aromatic carbocycles. The van der Waals surface area contributed by atoms with Gasteiger partial charge in [0.15, 0.2) is 5.43 Å². The third-order valence-corrected chi connectivity index (χ3v) is 8.34. The van der Waals surface area contributed by atoms with Crippen LogP contribution in [0, 0.1) is 0 Å². The molecule has 5 rings (SSSR count). The van der Waals surface area contributed by atoms with E-state index in [9.17, 15) is 34.2 Å². The average molecular weight is 683 g/mol. The maximum absolute atomic E-state index is 12.7. The molecule has 0 bridgehead atoms. The minimum Gasteiger partial charge on any atom is -0.508 e. The number of nitrogens with one attached hydrogen (secondary N) is 2. The Morgan fingerprint density at radius 2 is 1.67 bits per heavy atom. The highest BCUT2D eigenvalue weighted by molar-refractivity contribution is 8.00. The van der Waals surface area contributed by atoms with Gasteiger partial charge in [-0.05, 0) is 72.5 Å². The molecule has 0 aromatic heterocycles. The second-order valence-electron chi connectivity index (χ2n) is 11.0. The summed E-state index contributed by atoms with van der Waals surface area (Å²) in [5, 5.41) is 36.4. The molecule has 14 heteroatoms. The third-order valence-electron chi connectivity index (χ3n) is 7.41. The summed E-state index contributed by atoms with van der Waals surface area (Å²) in [4.78, 5) is 60.6. The number of carboxylic acids is 2. The zero-order valence-electron chi connectivity index (χ0n) is 25.9. The van der Waals surface area contributed by atoms with Crippen molar-refractivity contribution in [3.8, 4) is 28.2 Å². The third kappa shape index (κ3) is 8.30. The highest BCUT2D eigenvalue weighted by Gasteiger charge is 2.23. The van der Waals surface area contributed by atoms with Crippen molar-refractivity contribution in [2.24, 2.45) is 10.8 Å². The Labute approximate surface area is 282 Å². The number of hydrogen-bond donors (Lipinski definition) is 6. The van der Waals surface area contributed by atoms with Crippen LogP contribution in [0.25, 0.3) is 33.4 Å². The first-order valence-electron chi connectivity index (χ1n) is 14.8. The second-order valence-corrected chi connectivity index (χ2v) is 12.0. The quantitative estimate of drug-likeness (QED) is 0.0624. The minimum absolute atomic E-state index is 0.0717. The van der Waals surface area contributed by atoms with Gasteiger partial charge in [0.2, 0.25) is 11.8 Å². The standard InChI is InChI=1S/C35H30N4O9S/c1-18(20-4-2-3-19(11-20)12-28(36)35(46)47)38-39-32(43)17-49-16-31(42)37-21-5-8-24(27(13-21)34(44)45)33-25-9-6-22(40)14-29(25)48-30-15-23(41)7-10-26(30)33/h2-11,13-15,28,40H,12,16-17,36H2,1H3,(H,37,42)(H,39,43)(H,44,45)(H,46,47)/b38-18+/t28-/m0/s1. The number of hydrogen-bond acceptors (Lipinski definition) is 10. The van der Waals surface area contributed by atoms with Crippen LogP contribution in [0.4, 0.5) is 5.69 Å². The number of aromatic hydroxyl groups is 1. The molecule has 3 aromatic rings. The molecule has 1 atom stereocenters. The second kappa shape index (κ2) is 14.8. The molecule has 1 aliphatic carbocycles. The number of aliphatic carboxylic acids is 1. The fourth-order valence-electron chi connectivity index (χ4n) is 5.11. The van der Waals surface area contributed by atoms with Crippen molar-refractivity contribution >= 4 is 57.9 Å². The Morgan fingerprint density at radius 3 is 2.43 bits per heavy atom. The number of carboxylic acid groups (broad SMARTS) is 2. The van der Waals surface area contributed by atoms with E-state index in [0.29, 0.717) is 38.9 Å². The number of amides is 2. The summed E-state index contributed by atoms with van der Waals surface area (Å²) in [5.41, 5.74) is 11.2. The molecule has 1 aliphatic heterocycles. The maximum Gasteiger partial charge on any atom is 0.336 e. The first-order chi connectivity index (χ1) is 23.4. The summed E-state index contributed by atoms with van der Waals surface area (Å²) >= 11 is 1.03. The largest absolute Gasteiger partial charge is 0.508 e. The van der Waals surface area contributed by atoms with Crippen LogP contribution in [0.2, 0.25) is 0 Å². The normalized spacial score (nSPS) is 12.1. The molecule has 2 amide bonds. The van der Waals surface area contributed by atoms with Gasteiger partial charge in [-0.15, -0.1) is 11.8 Å². The zero-order chi connectivity index (χ0) is 35.2. The molecule has 49 heavy (non-hydrogen) atoms. The Hall–Kier alpha value is -5.99. The molecule has 250 valence electrons. The number of fused-ring (bicyclic) bond motifs is 2. The SMILES string of the molecule is C/C(=N\NC(=O)CSCC(=O)Nc1ccc(-c2c3ccc(=O)cc-3oc3cc(O)ccc23)c(C(=O)O)c1)c1cccc(C[C@H](N)C(=O)O)c1. The van der Waals surface area contributed by atoms with E-state index >= 15 is 0 Å². The van der Waals surface area contributed by atoms with Crippen molar-refractivity contribution in [2.45, 2.75) is 19.4 Å². The van der Waals surface area contributed by atoms with Crippen molar-refractivity contribution in [3.05, 3.63) is 106 Å². The summed E-state index contributed by atoms with van der Waals surface area (Å²) in [6.45, 7) is 1.68. The smallest absolute Gasteiger partial charge is 0.336 e. The molecule has 0 saturated carbocycles. The molecule has 0 spiro atoms. The van der Waals surface area contributed by atoms with Gasteiger partial charge in [0.25, 0.3) is 0 Å². The molecular weight excluding hydrogens is 652 g/mol. The number of carbonyl (C=O) groups excluding carboxylic acids is 2. The van der Waals surface area contributed by atoms with Gasteiger partial charge >= 0.3 is 11.9 Å². The molecule has 0 saturated heterocycles. The number of thioether (sulfide) groups is 1. The lowest BCUT2D eigenvalue weighted by Gasteiger charge is -2.17. The fraction of sp³-hybridized carbons (Fsp3) is 0.143. The lowest BCUT2D eigenvalue weighted by Crippen LogP contribution is -2.32. The van der Waals surface area contributed by atoms with Gasteiger partial charge in [-0.25, -0.2) is 10.2 Å². The number of benzene rings is 4. The van der Waals surface area contributed by atoms with Gasteiger partial charge in [-0.3, -0.25) is 19.2 Å². The van der Waals surface area contributed by atoms with Gasteiger partial charge in [-0.1, -0.05) is 24.3 Å². The number of phenols is 1. The van der Waals surface area contributed by atoms with E-state index in [1.807, 2.05) is 0 Å². The minimum atomic E-state index is -1.26. The fourth-order valence-corrected chi connectivity index (χ4v) is 5.72. The van der Waals surface area contributed by atoms with Crippen LogP contribution < -0.4 is 21.9 Å². The predicted octanol–water partition coefficient (Wildman–Crippen LogP) is 4.14. The van der Waals surface area contributed by atoms with E-state index in [1.165, 1.54) is 30.3 Å². The zero-order valence-corrected chi connectivity index (χ0v) is 26.7. The van der Waals surface area contributed by atoms with Crippen molar-refractivity contribution in [2.75, 3.05) is 16.8 Å². The Balaban J connectivity index is 1.24. The van der Waals surface area contributed by atoms with Gasteiger partial charge in [0.1, 0.15) is 23.1 Å². The van der Waals surface area contributed by atoms with Crippen LogP contribution in [-0.4, -0.2) is 62.3 Å². The molecule has 2 aliphatic rings. The lowest BCUT2D eigenvalue weighted by molar-refractivity contribution is -0.138. The van der Waals surface area contributed by atoms with Crippen LogP contribution >= 0.6 is 11.8 Å².